The topological polar surface area (TPSA) is 18.5 Å². The van der Waals surface area contributed by atoms with Gasteiger partial charge in [-0.05, 0) is 24.8 Å². The first-order valence-corrected chi connectivity index (χ1v) is 12.0. The molecule has 2 atom stereocenters. The lowest BCUT2D eigenvalue weighted by Gasteiger charge is -2.42. The standard InChI is InChI=1S/C15H26Cl2O2Si/c1-20(2,3)13(11-14(16)17)10-12-6-4-5-7-15(12)18-8-9-19-15/h11-13H,4-10H2,1-3H3/t12-,13?/m0/s1. The molecule has 1 aliphatic carbocycles. The molecule has 1 aliphatic heterocycles. The average Bonchev–Trinajstić information content (AvgIpc) is 2.79. The molecular weight excluding hydrogens is 311 g/mol. The normalized spacial score (nSPS) is 27.6. The third-order valence-corrected chi connectivity index (χ3v) is 7.58. The van der Waals surface area contributed by atoms with Gasteiger partial charge in [0, 0.05) is 12.3 Å². The van der Waals surface area contributed by atoms with E-state index in [0.717, 1.165) is 26.1 Å². The molecule has 0 aromatic heterocycles. The van der Waals surface area contributed by atoms with Gasteiger partial charge < -0.3 is 9.47 Å². The van der Waals surface area contributed by atoms with Crippen molar-refractivity contribution in [1.82, 2.24) is 0 Å². The van der Waals surface area contributed by atoms with E-state index in [1.165, 1.54) is 19.3 Å². The zero-order valence-electron chi connectivity index (χ0n) is 12.8. The molecule has 20 heavy (non-hydrogen) atoms. The molecule has 0 radical (unpaired) electrons. The lowest BCUT2D eigenvalue weighted by molar-refractivity contribution is -0.213. The second-order valence-electron chi connectivity index (χ2n) is 7.12. The summed E-state index contributed by atoms with van der Waals surface area (Å²) in [7, 11) is -1.36. The molecule has 1 saturated carbocycles. The number of ether oxygens (including phenoxy) is 2. The van der Waals surface area contributed by atoms with E-state index < -0.39 is 8.07 Å². The van der Waals surface area contributed by atoms with Crippen LogP contribution in [0.3, 0.4) is 0 Å². The smallest absolute Gasteiger partial charge is 0.171 e. The molecule has 1 unspecified atom stereocenters. The van der Waals surface area contributed by atoms with Crippen molar-refractivity contribution in [2.24, 2.45) is 5.92 Å². The Labute approximate surface area is 133 Å². The second-order valence-corrected chi connectivity index (χ2v) is 13.6. The van der Waals surface area contributed by atoms with Crippen LogP contribution in [0.4, 0.5) is 0 Å². The Morgan fingerprint density at radius 3 is 2.45 bits per heavy atom. The molecule has 1 spiro atoms. The Kier molecular flexibility index (Phi) is 5.63. The van der Waals surface area contributed by atoms with Crippen LogP contribution in [0, 0.1) is 5.92 Å². The number of hydrogen-bond donors (Lipinski definition) is 0. The minimum Gasteiger partial charge on any atom is -0.347 e. The van der Waals surface area contributed by atoms with Crippen molar-refractivity contribution in [2.75, 3.05) is 13.2 Å². The third-order valence-electron chi connectivity index (χ3n) is 4.70. The van der Waals surface area contributed by atoms with Crippen LogP contribution in [-0.4, -0.2) is 27.1 Å². The Balaban J connectivity index is 2.13. The van der Waals surface area contributed by atoms with E-state index in [2.05, 4.69) is 19.6 Å². The molecule has 2 fully saturated rings. The fourth-order valence-corrected chi connectivity index (χ4v) is 5.64. The van der Waals surface area contributed by atoms with Gasteiger partial charge in [-0.15, -0.1) is 0 Å². The molecule has 1 saturated heterocycles. The maximum absolute atomic E-state index is 6.02. The van der Waals surface area contributed by atoms with Crippen molar-refractivity contribution >= 4 is 31.3 Å². The SMILES string of the molecule is C[Si](C)(C)C(C=C(Cl)Cl)C[C@@H]1CCCCC12OCCO2. The zero-order chi connectivity index (χ0) is 14.8. The predicted molar refractivity (Wildman–Crippen MR) is 88.1 cm³/mol. The number of halogens is 2. The van der Waals surface area contributed by atoms with Crippen LogP contribution < -0.4 is 0 Å². The number of allylic oxidation sites excluding steroid dienone is 1. The number of rotatable bonds is 4. The van der Waals surface area contributed by atoms with Gasteiger partial charge in [0.2, 0.25) is 0 Å². The summed E-state index contributed by atoms with van der Waals surface area (Å²) < 4.78 is 12.4. The monoisotopic (exact) mass is 336 g/mol. The molecule has 0 aromatic carbocycles. The van der Waals surface area contributed by atoms with Gasteiger partial charge in [-0.25, -0.2) is 0 Å². The maximum Gasteiger partial charge on any atom is 0.171 e. The van der Waals surface area contributed by atoms with E-state index in [9.17, 15) is 0 Å². The van der Waals surface area contributed by atoms with Crippen molar-refractivity contribution < 1.29 is 9.47 Å². The summed E-state index contributed by atoms with van der Waals surface area (Å²) in [6.45, 7) is 8.59. The van der Waals surface area contributed by atoms with Crippen LogP contribution in [0.5, 0.6) is 0 Å². The van der Waals surface area contributed by atoms with Crippen LogP contribution in [-0.2, 0) is 9.47 Å². The van der Waals surface area contributed by atoms with Gasteiger partial charge in [-0.3, -0.25) is 0 Å². The van der Waals surface area contributed by atoms with Crippen LogP contribution in [0.25, 0.3) is 0 Å². The molecular formula is C15H26Cl2O2Si. The largest absolute Gasteiger partial charge is 0.347 e. The van der Waals surface area contributed by atoms with Crippen LogP contribution in [0.1, 0.15) is 32.1 Å². The Bertz CT molecular complexity index is 355. The summed E-state index contributed by atoms with van der Waals surface area (Å²) in [4.78, 5) is 0. The molecule has 2 nitrogen and oxygen atoms in total. The third kappa shape index (κ3) is 4.01. The molecule has 0 aromatic rings. The van der Waals surface area contributed by atoms with Crippen molar-refractivity contribution in [3.05, 3.63) is 10.6 Å². The molecule has 0 amide bonds. The lowest BCUT2D eigenvalue weighted by atomic mass is 9.80. The first kappa shape index (κ1) is 16.8. The highest BCUT2D eigenvalue weighted by Crippen LogP contribution is 2.46. The van der Waals surface area contributed by atoms with E-state index in [-0.39, 0.29) is 5.79 Å². The van der Waals surface area contributed by atoms with E-state index in [0.29, 0.717) is 16.0 Å². The van der Waals surface area contributed by atoms with E-state index >= 15 is 0 Å². The predicted octanol–water partition coefficient (Wildman–Crippen LogP) is 5.34. The summed E-state index contributed by atoms with van der Waals surface area (Å²) in [5.74, 6) is 0.155. The fraction of sp³-hybridized carbons (Fsp3) is 0.867. The summed E-state index contributed by atoms with van der Waals surface area (Å²) in [6, 6.07) is 0. The highest BCUT2D eigenvalue weighted by Gasteiger charge is 2.47. The van der Waals surface area contributed by atoms with Crippen LogP contribution in [0.2, 0.25) is 25.2 Å². The van der Waals surface area contributed by atoms with Gasteiger partial charge in [0.05, 0.1) is 21.3 Å². The fourth-order valence-electron chi connectivity index (χ4n) is 3.46. The van der Waals surface area contributed by atoms with Crippen molar-refractivity contribution in [3.8, 4) is 0 Å². The lowest BCUT2D eigenvalue weighted by Crippen LogP contribution is -2.43. The molecule has 0 bridgehead atoms. The van der Waals surface area contributed by atoms with E-state index in [1.54, 1.807) is 0 Å². The highest BCUT2D eigenvalue weighted by molar-refractivity contribution is 6.78. The molecule has 5 heteroatoms. The Morgan fingerprint density at radius 1 is 1.25 bits per heavy atom. The molecule has 2 aliphatic rings. The van der Waals surface area contributed by atoms with Gasteiger partial charge >= 0.3 is 0 Å². The summed E-state index contributed by atoms with van der Waals surface area (Å²) in [5.41, 5.74) is 0.472. The zero-order valence-corrected chi connectivity index (χ0v) is 15.3. The molecule has 0 N–H and O–H groups in total. The van der Waals surface area contributed by atoms with Crippen molar-refractivity contribution in [1.29, 1.82) is 0 Å². The van der Waals surface area contributed by atoms with Crippen LogP contribution in [0.15, 0.2) is 10.6 Å². The molecule has 2 rings (SSSR count). The van der Waals surface area contributed by atoms with Gasteiger partial charge in [-0.1, -0.05) is 55.3 Å². The van der Waals surface area contributed by atoms with Gasteiger partial charge in [0.1, 0.15) is 4.49 Å². The Hall–Kier alpha value is 0.457. The first-order valence-electron chi connectivity index (χ1n) is 7.64. The van der Waals surface area contributed by atoms with E-state index in [4.69, 9.17) is 32.7 Å². The maximum atomic E-state index is 6.02. The van der Waals surface area contributed by atoms with Crippen molar-refractivity contribution in [3.63, 3.8) is 0 Å². The molecule has 1 heterocycles. The van der Waals surface area contributed by atoms with Gasteiger partial charge in [-0.2, -0.15) is 0 Å². The Morgan fingerprint density at radius 2 is 1.90 bits per heavy atom. The minimum atomic E-state index is -1.36. The molecule has 116 valence electrons. The summed E-state index contributed by atoms with van der Waals surface area (Å²) in [6.07, 6.45) is 7.84. The quantitative estimate of drug-likeness (QED) is 0.645. The first-order chi connectivity index (χ1) is 9.33. The highest BCUT2D eigenvalue weighted by atomic mass is 35.5. The van der Waals surface area contributed by atoms with E-state index in [1.807, 2.05) is 6.08 Å². The summed E-state index contributed by atoms with van der Waals surface area (Å²) >= 11 is 11.9. The van der Waals surface area contributed by atoms with Gasteiger partial charge in [0.15, 0.2) is 5.79 Å². The summed E-state index contributed by atoms with van der Waals surface area (Å²) in [5, 5.41) is 0. The second kappa shape index (κ2) is 6.70. The van der Waals surface area contributed by atoms with Crippen molar-refractivity contribution in [2.45, 2.75) is 63.1 Å². The van der Waals surface area contributed by atoms with Crippen LogP contribution >= 0.6 is 23.2 Å². The average molecular weight is 337 g/mol. The number of hydrogen-bond acceptors (Lipinski definition) is 2. The van der Waals surface area contributed by atoms with Gasteiger partial charge in [0.25, 0.3) is 0 Å². The minimum absolute atomic E-state index is 0.317.